The van der Waals surface area contributed by atoms with Crippen LogP contribution in [0.2, 0.25) is 0 Å². The molecule has 0 radical (unpaired) electrons. The Morgan fingerprint density at radius 2 is 0.423 bits per heavy atom. The van der Waals surface area contributed by atoms with Gasteiger partial charge in [-0.05, 0) is 221 Å². The Morgan fingerprint density at radius 1 is 0.250 bits per heavy atom. The van der Waals surface area contributed by atoms with E-state index in [2.05, 4.69) is 225 Å². The van der Waals surface area contributed by atoms with Crippen molar-refractivity contribution in [3.05, 3.63) is 309 Å². The molecule has 544 valence electrons. The Morgan fingerprint density at radius 3 is 0.606 bits per heavy atom. The molecule has 0 bridgehead atoms. The van der Waals surface area contributed by atoms with Crippen LogP contribution in [0.15, 0.2) is 214 Å². The third-order valence-corrected chi connectivity index (χ3v) is 26.4. The molecule has 0 amide bonds. The van der Waals surface area contributed by atoms with Crippen molar-refractivity contribution in [3.8, 4) is 22.3 Å². The molecule has 11 aromatic rings. The van der Waals surface area contributed by atoms with E-state index in [0.29, 0.717) is 0 Å². The van der Waals surface area contributed by atoms with Crippen molar-refractivity contribution in [2.24, 2.45) is 0 Å². The van der Waals surface area contributed by atoms with Crippen LogP contribution in [0.4, 0.5) is 65.9 Å². The molecular weight excluding hydrogens is 1610 g/mol. The molecule has 0 saturated heterocycles. The number of halogens is 16. The highest BCUT2D eigenvalue weighted by atomic mass is 127. The largest absolute Gasteiger partial charge is 0.744 e. The molecule has 11 aromatic carbocycles. The Hall–Kier alpha value is -8.47. The third kappa shape index (κ3) is 17.6. The summed E-state index contributed by atoms with van der Waals surface area (Å²) in [5.41, 5.74) is 16.0. The smallest absolute Gasteiger partial charge is 0.357 e. The van der Waals surface area contributed by atoms with E-state index in [1.54, 1.807) is 0 Å². The van der Waals surface area contributed by atoms with Crippen LogP contribution in [-0.4, -0.2) is 38.9 Å². The number of hydrogen-bond acceptors (Lipinski definition) is 9. The average Bonchev–Trinajstić information content (AvgIpc) is 0.817. The molecule has 0 saturated carbocycles. The average molecular weight is 1660 g/mol. The first kappa shape index (κ1) is 81.2. The van der Waals surface area contributed by atoms with Crippen molar-refractivity contribution in [3.63, 3.8) is 0 Å². The lowest BCUT2D eigenvalue weighted by Crippen LogP contribution is -3.61. The van der Waals surface area contributed by atoms with Crippen LogP contribution in [0.5, 0.6) is 0 Å². The molecule has 30 heteroatoms. The predicted molar refractivity (Wildman–Crippen MR) is 352 cm³/mol. The quantitative estimate of drug-likeness (QED) is 0.0272. The van der Waals surface area contributed by atoms with Gasteiger partial charge in [-0.15, -0.1) is 0 Å². The van der Waals surface area contributed by atoms with Crippen LogP contribution in [0.25, 0.3) is 22.3 Å². The second-order valence-electron chi connectivity index (χ2n) is 22.6. The van der Waals surface area contributed by atoms with Crippen molar-refractivity contribution in [2.45, 2.75) is 99.4 Å². The minimum Gasteiger partial charge on any atom is -0.744 e. The second kappa shape index (κ2) is 32.9. The summed E-state index contributed by atoms with van der Waals surface area (Å²) in [4.78, 5) is 1.24. The normalized spacial score (nSPS) is 11.6. The van der Waals surface area contributed by atoms with E-state index in [1.165, 1.54) is 103 Å². The van der Waals surface area contributed by atoms with Crippen LogP contribution in [0, 0.1) is 150 Å². The van der Waals surface area contributed by atoms with Gasteiger partial charge in [0.2, 0.25) is 17.5 Å². The van der Waals surface area contributed by atoms with Gasteiger partial charge in [0.25, 0.3) is 0 Å². The highest BCUT2D eigenvalue weighted by Gasteiger charge is 2.36. The number of aryl methyl sites for hydroxylation is 4. The Kier molecular flexibility index (Phi) is 25.7. The summed E-state index contributed by atoms with van der Waals surface area (Å²) >= 11 is -0.292. The van der Waals surface area contributed by atoms with Gasteiger partial charge in [-0.25, -0.2) is 91.1 Å². The molecule has 0 heterocycles. The molecule has 9 nitrogen and oxygen atoms in total. The Bertz CT molecular complexity index is 4880. The molecule has 104 heavy (non-hydrogen) atoms. The lowest BCUT2D eigenvalue weighted by atomic mass is 10.1. The van der Waals surface area contributed by atoms with Crippen molar-refractivity contribution < 1.29 is 126 Å². The van der Waals surface area contributed by atoms with Gasteiger partial charge in [0.15, 0.2) is 106 Å². The molecule has 0 spiro atoms. The molecule has 0 aliphatic heterocycles. The van der Waals surface area contributed by atoms with Gasteiger partial charge in [-0.3, -0.25) is 0 Å². The van der Waals surface area contributed by atoms with E-state index in [0.717, 1.165) is 0 Å². The highest BCUT2D eigenvalue weighted by Crippen LogP contribution is 2.40. The van der Waals surface area contributed by atoms with E-state index >= 15 is 0 Å². The van der Waals surface area contributed by atoms with Crippen LogP contribution in [-0.2, 0) is 52.1 Å². The maximum Gasteiger partial charge on any atom is 0.357 e. The first-order valence-electron chi connectivity index (χ1n) is 29.8. The van der Waals surface area contributed by atoms with E-state index in [1.807, 2.05) is 0 Å². The minimum atomic E-state index is -5.77. The van der Waals surface area contributed by atoms with Gasteiger partial charge in [0.05, 0.1) is 21.8 Å². The zero-order valence-electron chi connectivity index (χ0n) is 54.9. The van der Waals surface area contributed by atoms with Gasteiger partial charge in [0.1, 0.15) is 45.0 Å². The van der Waals surface area contributed by atoms with Gasteiger partial charge in [0, 0.05) is 22.3 Å². The molecule has 0 aliphatic rings. The summed E-state index contributed by atoms with van der Waals surface area (Å²) in [6, 6.07) is 64.3. The topological polar surface area (TPSA) is 172 Å². The molecule has 0 unspecified atom stereocenters. The zero-order chi connectivity index (χ0) is 77.1. The van der Waals surface area contributed by atoms with Gasteiger partial charge < -0.3 is 13.7 Å². The summed E-state index contributed by atoms with van der Waals surface area (Å²) < 4.78 is 282. The maximum absolute atomic E-state index is 12.6. The monoisotopic (exact) mass is 1660 g/mol. The van der Waals surface area contributed by atoms with Crippen LogP contribution < -0.4 is 21.2 Å². The van der Waals surface area contributed by atoms with Crippen LogP contribution in [0.3, 0.4) is 0 Å². The van der Waals surface area contributed by atoms with E-state index < -0.39 is 132 Å². The SMILES string of the molecule is Cc1cccc([S+](c2ccc(-c3ccc([I+]c4ccc(-c5ccc([S+](c6cccc(C)c6C)c6cccc(C)c6C)cc5)cc4)cc3)cc2)c2cccc(C)c2C)c1C.O=S(=O)([O-])c1c(F)c(F)c(F)c(F)c1F.O=S(=O)([O-])c1c(F)c(F)c(F)c(F)c1F.O=S(=O)([O-])c1c(F)c(F)c(F)c(F)c1F. The van der Waals surface area contributed by atoms with Crippen molar-refractivity contribution in [1.29, 1.82) is 0 Å². The summed E-state index contributed by atoms with van der Waals surface area (Å²) in [7, 11) is -17.7. The second-order valence-corrected chi connectivity index (χ2v) is 33.5. The molecular formula is C74H52F15IO9S5. The first-order valence-corrected chi connectivity index (χ1v) is 38.6. The zero-order valence-corrected chi connectivity index (χ0v) is 61.2. The van der Waals surface area contributed by atoms with E-state index in [9.17, 15) is 105 Å². The molecule has 11 rings (SSSR count). The lowest BCUT2D eigenvalue weighted by Gasteiger charge is -2.15. The van der Waals surface area contributed by atoms with Gasteiger partial charge in [-0.2, -0.15) is 0 Å². The van der Waals surface area contributed by atoms with Crippen LogP contribution >= 0.6 is 0 Å². The maximum atomic E-state index is 12.6. The van der Waals surface area contributed by atoms with E-state index in [4.69, 9.17) is 0 Å². The van der Waals surface area contributed by atoms with Gasteiger partial charge in [-0.1, -0.05) is 48.5 Å². The first-order chi connectivity index (χ1) is 48.6. The number of benzene rings is 11. The fourth-order valence-corrected chi connectivity index (χ4v) is 19.1. The summed E-state index contributed by atoms with van der Waals surface area (Å²) in [6.07, 6.45) is 0. The predicted octanol–water partition coefficient (Wildman–Crippen LogP) is 15.7. The van der Waals surface area contributed by atoms with Crippen molar-refractivity contribution >= 4 is 52.1 Å². The fraction of sp³-hybridized carbons (Fsp3) is 0.108. The van der Waals surface area contributed by atoms with Gasteiger partial charge >= 0.3 is 21.2 Å². The van der Waals surface area contributed by atoms with Crippen LogP contribution in [0.1, 0.15) is 44.5 Å². The summed E-state index contributed by atoms with van der Waals surface area (Å²) in [6.45, 7) is 18.0. The Balaban J connectivity index is 0.000000243. The number of hydrogen-bond donors (Lipinski definition) is 0. The molecule has 0 aliphatic carbocycles. The standard InChI is InChI=1S/C56H52IS2.3C6HF5O3S/c1-37-13-9-17-53(41(37)5)58(54-18-10-14-38(2)42(54)6)51-33-25-47(26-34-51)45-21-29-49(30-22-45)57-50-31-23-46(24-32-50)48-27-35-52(36-28-48)59(55-19-11-15-39(3)43(55)7)56-20-12-16-40(4)44(56)8;3*7-1-2(8)4(10)6(15(12,13)14)5(11)3(1)9/h9-36H,1-8H3;3*(H,12,13,14)/q+3;;;/p-3. The molecule has 0 atom stereocenters. The Labute approximate surface area is 604 Å². The summed E-state index contributed by atoms with van der Waals surface area (Å²) in [5.74, 6) is -38.5. The van der Waals surface area contributed by atoms with E-state index in [-0.39, 0.29) is 43.0 Å². The molecule has 0 fully saturated rings. The fourth-order valence-electron chi connectivity index (χ4n) is 10.0. The van der Waals surface area contributed by atoms with Crippen molar-refractivity contribution in [1.82, 2.24) is 0 Å². The summed E-state index contributed by atoms with van der Waals surface area (Å²) in [5, 5.41) is 0. The molecule has 0 aromatic heterocycles. The third-order valence-electron chi connectivity index (χ3n) is 16.1. The highest BCUT2D eigenvalue weighted by molar-refractivity contribution is 7.97. The lowest BCUT2D eigenvalue weighted by molar-refractivity contribution is -0.597. The van der Waals surface area contributed by atoms with Crippen molar-refractivity contribution in [2.75, 3.05) is 0 Å². The number of rotatable bonds is 13. The molecule has 0 N–H and O–H groups in total. The minimum absolute atomic E-state index is 0.180.